The number of hydrogen-bond donors (Lipinski definition) is 0. The van der Waals surface area contributed by atoms with Crippen LogP contribution in [0.1, 0.15) is 106 Å². The molecule has 0 saturated heterocycles. The van der Waals surface area contributed by atoms with Crippen LogP contribution in [0.5, 0.6) is 0 Å². The third-order valence-electron chi connectivity index (χ3n) is 8.65. The Balaban J connectivity index is 1.43. The van der Waals surface area contributed by atoms with Crippen molar-refractivity contribution in [1.82, 2.24) is 4.57 Å². The number of fused-ring (bicyclic) bond motifs is 1. The van der Waals surface area contributed by atoms with Gasteiger partial charge in [-0.05, 0) is 55.2 Å². The van der Waals surface area contributed by atoms with Gasteiger partial charge in [0.1, 0.15) is 0 Å². The van der Waals surface area contributed by atoms with Crippen molar-refractivity contribution >= 4 is 10.9 Å². The standard InChI is InChI=1S/C32H43N/c1-25-12-10-18-28(22-25)29(20-11-17-26-13-4-2-5-14-26)31-24-33(23-27-15-6-3-7-16-27)32-21-9-8-19-30(31)32/h8-10,12,18-19,21-22,24,26-27,29H,2-7,11,13-17,20,23H2,1H3. The molecule has 1 atom stereocenters. The Bertz CT molecular complexity index is 1020. The van der Waals surface area contributed by atoms with Gasteiger partial charge in [-0.1, -0.05) is 112 Å². The van der Waals surface area contributed by atoms with E-state index < -0.39 is 0 Å². The van der Waals surface area contributed by atoms with Crippen LogP contribution in [-0.2, 0) is 6.54 Å². The van der Waals surface area contributed by atoms with E-state index >= 15 is 0 Å². The molecule has 0 radical (unpaired) electrons. The van der Waals surface area contributed by atoms with Gasteiger partial charge in [0.05, 0.1) is 0 Å². The zero-order valence-corrected chi connectivity index (χ0v) is 20.8. The highest BCUT2D eigenvalue weighted by Gasteiger charge is 2.22. The molecule has 2 aliphatic rings. The van der Waals surface area contributed by atoms with Gasteiger partial charge in [0, 0.05) is 29.6 Å². The second-order valence-corrected chi connectivity index (χ2v) is 11.2. The van der Waals surface area contributed by atoms with Gasteiger partial charge in [-0.25, -0.2) is 0 Å². The SMILES string of the molecule is Cc1cccc(C(CCCC2CCCCC2)c2cn(CC3CCCCC3)c3ccccc23)c1. The van der Waals surface area contributed by atoms with E-state index in [1.54, 1.807) is 5.56 Å². The first kappa shape index (κ1) is 22.8. The average Bonchev–Trinajstić information content (AvgIpc) is 3.21. The minimum Gasteiger partial charge on any atom is -0.347 e. The number of aryl methyl sites for hydroxylation is 1. The number of rotatable bonds is 8. The molecule has 1 heterocycles. The van der Waals surface area contributed by atoms with Gasteiger partial charge in [0.2, 0.25) is 0 Å². The Kier molecular flexibility index (Phi) is 7.54. The van der Waals surface area contributed by atoms with Crippen LogP contribution in [0.25, 0.3) is 10.9 Å². The number of benzene rings is 2. The Labute approximate surface area is 201 Å². The normalized spacial score (nSPS) is 19.2. The lowest BCUT2D eigenvalue weighted by Gasteiger charge is -2.23. The summed E-state index contributed by atoms with van der Waals surface area (Å²) in [5.74, 6) is 2.33. The summed E-state index contributed by atoms with van der Waals surface area (Å²) < 4.78 is 2.62. The lowest BCUT2D eigenvalue weighted by Crippen LogP contribution is -2.13. The average molecular weight is 442 g/mol. The molecule has 33 heavy (non-hydrogen) atoms. The van der Waals surface area contributed by atoms with Crippen LogP contribution in [0, 0.1) is 18.8 Å². The van der Waals surface area contributed by atoms with E-state index in [9.17, 15) is 0 Å². The number of aromatic nitrogens is 1. The zero-order valence-electron chi connectivity index (χ0n) is 20.8. The van der Waals surface area contributed by atoms with Crippen molar-refractivity contribution in [2.24, 2.45) is 11.8 Å². The first-order chi connectivity index (χ1) is 16.3. The van der Waals surface area contributed by atoms with Gasteiger partial charge >= 0.3 is 0 Å². The lowest BCUT2D eigenvalue weighted by atomic mass is 9.82. The van der Waals surface area contributed by atoms with E-state index in [0.29, 0.717) is 5.92 Å². The first-order valence-electron chi connectivity index (χ1n) is 13.9. The smallest absolute Gasteiger partial charge is 0.0483 e. The predicted molar refractivity (Wildman–Crippen MR) is 142 cm³/mol. The van der Waals surface area contributed by atoms with Crippen LogP contribution in [0.2, 0.25) is 0 Å². The van der Waals surface area contributed by atoms with Crippen molar-refractivity contribution in [3.8, 4) is 0 Å². The quantitative estimate of drug-likeness (QED) is 0.328. The predicted octanol–water partition coefficient (Wildman–Crippen LogP) is 9.41. The van der Waals surface area contributed by atoms with E-state index in [1.807, 2.05) is 0 Å². The molecule has 2 saturated carbocycles. The second-order valence-electron chi connectivity index (χ2n) is 11.2. The van der Waals surface area contributed by atoms with Crippen molar-refractivity contribution in [2.45, 2.75) is 103 Å². The van der Waals surface area contributed by atoms with E-state index in [2.05, 4.69) is 66.2 Å². The van der Waals surface area contributed by atoms with Crippen LogP contribution in [0.3, 0.4) is 0 Å². The van der Waals surface area contributed by atoms with Gasteiger partial charge in [0.15, 0.2) is 0 Å². The molecule has 0 spiro atoms. The summed E-state index contributed by atoms with van der Waals surface area (Å²) in [5, 5.41) is 1.48. The Hall–Kier alpha value is -2.02. The maximum Gasteiger partial charge on any atom is 0.0483 e. The molecule has 0 aliphatic heterocycles. The maximum atomic E-state index is 2.62. The van der Waals surface area contributed by atoms with Crippen molar-refractivity contribution in [3.63, 3.8) is 0 Å². The molecule has 1 nitrogen and oxygen atoms in total. The highest BCUT2D eigenvalue weighted by molar-refractivity contribution is 5.85. The summed E-state index contributed by atoms with van der Waals surface area (Å²) in [6, 6.07) is 18.5. The van der Waals surface area contributed by atoms with Crippen LogP contribution in [0.4, 0.5) is 0 Å². The third kappa shape index (κ3) is 5.56. The highest BCUT2D eigenvalue weighted by atomic mass is 15.0. The fourth-order valence-electron chi connectivity index (χ4n) is 6.83. The van der Waals surface area contributed by atoms with Gasteiger partial charge in [-0.2, -0.15) is 0 Å². The largest absolute Gasteiger partial charge is 0.347 e. The van der Waals surface area contributed by atoms with Crippen molar-refractivity contribution in [1.29, 1.82) is 0 Å². The zero-order chi connectivity index (χ0) is 22.5. The highest BCUT2D eigenvalue weighted by Crippen LogP contribution is 2.38. The van der Waals surface area contributed by atoms with Crippen LogP contribution in [0.15, 0.2) is 54.7 Å². The molecule has 2 fully saturated rings. The van der Waals surface area contributed by atoms with Gasteiger partial charge < -0.3 is 4.57 Å². The Morgan fingerprint density at radius 3 is 2.30 bits per heavy atom. The molecule has 5 rings (SSSR count). The minimum absolute atomic E-state index is 0.506. The molecule has 2 aliphatic carbocycles. The molecule has 1 aromatic heterocycles. The van der Waals surface area contributed by atoms with Gasteiger partial charge in [0.25, 0.3) is 0 Å². The van der Waals surface area contributed by atoms with Crippen molar-refractivity contribution < 1.29 is 0 Å². The molecule has 1 heteroatoms. The minimum atomic E-state index is 0.506. The molecule has 0 bridgehead atoms. The summed E-state index contributed by atoms with van der Waals surface area (Å²) in [5.41, 5.74) is 5.91. The van der Waals surface area contributed by atoms with E-state index in [0.717, 1.165) is 11.8 Å². The number of para-hydroxylation sites is 1. The number of nitrogens with zero attached hydrogens (tertiary/aromatic N) is 1. The molecule has 176 valence electrons. The van der Waals surface area contributed by atoms with E-state index in [1.165, 1.54) is 112 Å². The monoisotopic (exact) mass is 441 g/mol. The van der Waals surface area contributed by atoms with Gasteiger partial charge in [-0.15, -0.1) is 0 Å². The summed E-state index contributed by atoms with van der Waals surface area (Å²) in [4.78, 5) is 0. The van der Waals surface area contributed by atoms with Crippen LogP contribution in [-0.4, -0.2) is 4.57 Å². The van der Waals surface area contributed by atoms with Crippen molar-refractivity contribution in [3.05, 3.63) is 71.4 Å². The van der Waals surface area contributed by atoms with Crippen molar-refractivity contribution in [2.75, 3.05) is 0 Å². The third-order valence-corrected chi connectivity index (χ3v) is 8.65. The molecule has 1 unspecified atom stereocenters. The number of hydrogen-bond acceptors (Lipinski definition) is 0. The van der Waals surface area contributed by atoms with Gasteiger partial charge in [-0.3, -0.25) is 0 Å². The maximum absolute atomic E-state index is 2.62. The second kappa shape index (κ2) is 10.9. The molecule has 2 aromatic carbocycles. The molecule has 0 amide bonds. The first-order valence-corrected chi connectivity index (χ1v) is 13.9. The van der Waals surface area contributed by atoms with E-state index in [-0.39, 0.29) is 0 Å². The Morgan fingerprint density at radius 2 is 1.55 bits per heavy atom. The van der Waals surface area contributed by atoms with Crippen LogP contribution >= 0.6 is 0 Å². The topological polar surface area (TPSA) is 4.93 Å². The fraction of sp³-hybridized carbons (Fsp3) is 0.562. The molecular weight excluding hydrogens is 398 g/mol. The molecule has 0 N–H and O–H groups in total. The molecular formula is C32H43N. The van der Waals surface area contributed by atoms with E-state index in [4.69, 9.17) is 0 Å². The Morgan fingerprint density at radius 1 is 0.818 bits per heavy atom. The summed E-state index contributed by atoms with van der Waals surface area (Å²) >= 11 is 0. The van der Waals surface area contributed by atoms with Crippen LogP contribution < -0.4 is 0 Å². The summed E-state index contributed by atoms with van der Waals surface area (Å²) in [6.45, 7) is 3.44. The fourth-order valence-corrected chi connectivity index (χ4v) is 6.83. The summed E-state index contributed by atoms with van der Waals surface area (Å²) in [6.07, 6.45) is 21.0. The lowest BCUT2D eigenvalue weighted by molar-refractivity contribution is 0.322. The molecule has 3 aromatic rings. The summed E-state index contributed by atoms with van der Waals surface area (Å²) in [7, 11) is 0.